The molecule has 0 saturated carbocycles. The number of rotatable bonds is 5. The molecule has 0 radical (unpaired) electrons. The number of ether oxygens (including phenoxy) is 2. The fraction of sp³-hybridized carbons (Fsp3) is 0.200. The molecule has 0 aromatic heterocycles. The molecule has 2 N–H and O–H groups in total. The molecule has 21 heavy (non-hydrogen) atoms. The van der Waals surface area contributed by atoms with E-state index < -0.39 is 16.6 Å². The fourth-order valence-corrected chi connectivity index (χ4v) is 3.12. The summed E-state index contributed by atoms with van der Waals surface area (Å²) in [6, 6.07) is 9.12. The first-order chi connectivity index (χ1) is 10.0. The highest BCUT2D eigenvalue weighted by Gasteiger charge is 2.12. The van der Waals surface area contributed by atoms with E-state index in [4.69, 9.17) is 15.2 Å². The third-order valence-corrected chi connectivity index (χ3v) is 4.41. The van der Waals surface area contributed by atoms with Crippen molar-refractivity contribution in [1.82, 2.24) is 0 Å². The van der Waals surface area contributed by atoms with E-state index in [0.717, 1.165) is 5.56 Å². The van der Waals surface area contributed by atoms with Gasteiger partial charge in [0.2, 0.25) is 0 Å². The van der Waals surface area contributed by atoms with Crippen molar-refractivity contribution in [1.29, 1.82) is 0 Å². The number of benzene rings is 2. The third-order valence-electron chi connectivity index (χ3n) is 2.97. The normalized spacial score (nSPS) is 12.0. The Labute approximate surface area is 125 Å². The smallest absolute Gasteiger partial charge is 0.161 e. The van der Waals surface area contributed by atoms with E-state index in [1.807, 2.05) is 0 Å². The number of anilines is 1. The minimum atomic E-state index is -1.44. The molecule has 2 rings (SSSR count). The van der Waals surface area contributed by atoms with Gasteiger partial charge in [0.25, 0.3) is 0 Å². The quantitative estimate of drug-likeness (QED) is 0.863. The van der Waals surface area contributed by atoms with E-state index >= 15 is 0 Å². The van der Waals surface area contributed by atoms with Crippen molar-refractivity contribution < 1.29 is 18.1 Å². The molecule has 2 aromatic carbocycles. The van der Waals surface area contributed by atoms with Gasteiger partial charge in [0.1, 0.15) is 5.82 Å². The van der Waals surface area contributed by atoms with Gasteiger partial charge < -0.3 is 15.2 Å². The number of halogens is 1. The average Bonchev–Trinajstić information content (AvgIpc) is 2.49. The molecule has 0 amide bonds. The predicted octanol–water partition coefficient (Wildman–Crippen LogP) is 2.73. The maximum absolute atomic E-state index is 13.2. The van der Waals surface area contributed by atoms with E-state index in [1.165, 1.54) is 25.3 Å². The summed E-state index contributed by atoms with van der Waals surface area (Å²) in [7, 11) is 1.64. The molecule has 0 fully saturated rings. The van der Waals surface area contributed by atoms with Gasteiger partial charge in [-0.25, -0.2) is 4.39 Å². The highest BCUT2D eigenvalue weighted by Crippen LogP contribution is 2.29. The molecule has 0 aliphatic heterocycles. The second kappa shape index (κ2) is 6.58. The Bertz CT molecular complexity index is 676. The number of hydrogen-bond donors (Lipinski definition) is 1. The molecule has 1 atom stereocenters. The van der Waals surface area contributed by atoms with Crippen LogP contribution in [0.3, 0.4) is 0 Å². The Morgan fingerprint density at radius 2 is 1.81 bits per heavy atom. The van der Waals surface area contributed by atoms with E-state index in [0.29, 0.717) is 22.1 Å². The number of nitrogen functional groups attached to an aromatic ring is 1. The monoisotopic (exact) mass is 309 g/mol. The van der Waals surface area contributed by atoms with Crippen LogP contribution < -0.4 is 15.2 Å². The van der Waals surface area contributed by atoms with Gasteiger partial charge >= 0.3 is 0 Å². The van der Waals surface area contributed by atoms with Crippen LogP contribution in [0.1, 0.15) is 5.56 Å². The number of hydrogen-bond acceptors (Lipinski definition) is 4. The molecule has 0 saturated heterocycles. The van der Waals surface area contributed by atoms with Gasteiger partial charge in [0, 0.05) is 5.69 Å². The van der Waals surface area contributed by atoms with Crippen molar-refractivity contribution >= 4 is 16.5 Å². The molecule has 4 nitrogen and oxygen atoms in total. The van der Waals surface area contributed by atoms with E-state index in [1.54, 1.807) is 25.3 Å². The molecule has 112 valence electrons. The first-order valence-electron chi connectivity index (χ1n) is 6.19. The zero-order chi connectivity index (χ0) is 15.4. The Kier molecular flexibility index (Phi) is 4.80. The summed E-state index contributed by atoms with van der Waals surface area (Å²) >= 11 is 0. The topological polar surface area (TPSA) is 61.5 Å². The van der Waals surface area contributed by atoms with Crippen LogP contribution in [0.25, 0.3) is 0 Å². The summed E-state index contributed by atoms with van der Waals surface area (Å²) in [4.78, 5) is 0.296. The zero-order valence-corrected chi connectivity index (χ0v) is 12.6. The second-order valence-electron chi connectivity index (χ2n) is 4.36. The lowest BCUT2D eigenvalue weighted by atomic mass is 10.2. The Hall–Kier alpha value is -2.08. The molecule has 0 spiro atoms. The van der Waals surface area contributed by atoms with Crippen molar-refractivity contribution in [2.24, 2.45) is 0 Å². The molecular formula is C15H16FNO3S. The standard InChI is InChI=1S/C15H16FNO3S/c1-19-13-6-3-10(7-14(13)20-2)9-21(18)15-8-11(16)4-5-12(15)17/h3-8H,9,17H2,1-2H3. The van der Waals surface area contributed by atoms with Crippen molar-refractivity contribution in [2.75, 3.05) is 20.0 Å². The SMILES string of the molecule is COc1ccc(CS(=O)c2cc(F)ccc2N)cc1OC. The van der Waals surface area contributed by atoms with Crippen LogP contribution in [-0.4, -0.2) is 18.4 Å². The zero-order valence-electron chi connectivity index (χ0n) is 11.8. The minimum absolute atomic E-state index is 0.216. The molecular weight excluding hydrogens is 293 g/mol. The molecule has 0 heterocycles. The third kappa shape index (κ3) is 3.52. The highest BCUT2D eigenvalue weighted by atomic mass is 32.2. The van der Waals surface area contributed by atoms with E-state index in [9.17, 15) is 8.60 Å². The van der Waals surface area contributed by atoms with Crippen LogP contribution in [-0.2, 0) is 16.6 Å². The Morgan fingerprint density at radius 1 is 1.10 bits per heavy atom. The first-order valence-corrected chi connectivity index (χ1v) is 7.51. The second-order valence-corrected chi connectivity index (χ2v) is 5.78. The summed E-state index contributed by atoms with van der Waals surface area (Å²) in [6.45, 7) is 0. The van der Waals surface area contributed by atoms with Crippen LogP contribution in [0.4, 0.5) is 10.1 Å². The summed E-state index contributed by atoms with van der Waals surface area (Å²) in [5.41, 5.74) is 6.84. The van der Waals surface area contributed by atoms with Crippen LogP contribution in [0, 0.1) is 5.82 Å². The van der Waals surface area contributed by atoms with Crippen LogP contribution in [0.15, 0.2) is 41.3 Å². The lowest BCUT2D eigenvalue weighted by Crippen LogP contribution is -2.02. The van der Waals surface area contributed by atoms with Crippen LogP contribution in [0.5, 0.6) is 11.5 Å². The summed E-state index contributed by atoms with van der Waals surface area (Å²) in [6.07, 6.45) is 0. The maximum Gasteiger partial charge on any atom is 0.161 e. The van der Waals surface area contributed by atoms with Crippen LogP contribution >= 0.6 is 0 Å². The van der Waals surface area contributed by atoms with Gasteiger partial charge in [0.05, 0.1) is 35.7 Å². The summed E-state index contributed by atoms with van der Waals surface area (Å²) < 4.78 is 35.9. The molecule has 2 aromatic rings. The number of methoxy groups -OCH3 is 2. The first kappa shape index (κ1) is 15.3. The van der Waals surface area contributed by atoms with Crippen molar-refractivity contribution in [3.05, 3.63) is 47.8 Å². The van der Waals surface area contributed by atoms with Crippen molar-refractivity contribution in [2.45, 2.75) is 10.6 Å². The molecule has 0 aliphatic rings. The van der Waals surface area contributed by atoms with Crippen molar-refractivity contribution in [3.63, 3.8) is 0 Å². The van der Waals surface area contributed by atoms with Crippen LogP contribution in [0.2, 0.25) is 0 Å². The van der Waals surface area contributed by atoms with Gasteiger partial charge in [-0.1, -0.05) is 6.07 Å². The molecule has 6 heteroatoms. The molecule has 0 bridgehead atoms. The number of nitrogens with two attached hydrogens (primary N) is 1. The van der Waals surface area contributed by atoms with Gasteiger partial charge in [-0.3, -0.25) is 4.21 Å². The van der Waals surface area contributed by atoms with Gasteiger partial charge in [-0.15, -0.1) is 0 Å². The van der Waals surface area contributed by atoms with E-state index in [-0.39, 0.29) is 5.75 Å². The van der Waals surface area contributed by atoms with Crippen molar-refractivity contribution in [3.8, 4) is 11.5 Å². The summed E-state index contributed by atoms with van der Waals surface area (Å²) in [5, 5.41) is 0. The fourth-order valence-electron chi connectivity index (χ4n) is 1.90. The van der Waals surface area contributed by atoms with Gasteiger partial charge in [-0.05, 0) is 35.9 Å². The Morgan fingerprint density at radius 3 is 2.48 bits per heavy atom. The average molecular weight is 309 g/mol. The van der Waals surface area contributed by atoms with Gasteiger partial charge in [-0.2, -0.15) is 0 Å². The van der Waals surface area contributed by atoms with Gasteiger partial charge in [0.15, 0.2) is 11.5 Å². The molecule has 0 aliphatic carbocycles. The lowest BCUT2D eigenvalue weighted by Gasteiger charge is -2.10. The maximum atomic E-state index is 13.2. The largest absolute Gasteiger partial charge is 0.493 e. The minimum Gasteiger partial charge on any atom is -0.493 e. The van der Waals surface area contributed by atoms with E-state index in [2.05, 4.69) is 0 Å². The highest BCUT2D eigenvalue weighted by molar-refractivity contribution is 7.84. The molecule has 1 unspecified atom stereocenters. The lowest BCUT2D eigenvalue weighted by molar-refractivity contribution is 0.354. The predicted molar refractivity (Wildman–Crippen MR) is 80.5 cm³/mol. The Balaban J connectivity index is 2.25. The summed E-state index contributed by atoms with van der Waals surface area (Å²) in [5.74, 6) is 0.907.